The Kier molecular flexibility index (Phi) is 4.37. The number of para-hydroxylation sites is 2. The third kappa shape index (κ3) is 2.95. The molecule has 4 nitrogen and oxygen atoms in total. The molecule has 0 bridgehead atoms. The molecule has 4 aromatic carbocycles. The molecule has 1 aliphatic rings. The van der Waals surface area contributed by atoms with E-state index in [0.29, 0.717) is 16.8 Å². The quantitative estimate of drug-likeness (QED) is 0.404. The highest BCUT2D eigenvalue weighted by molar-refractivity contribution is 6.34. The number of hydrogen-bond acceptors (Lipinski definition) is 3. The summed E-state index contributed by atoms with van der Waals surface area (Å²) in [6, 6.07) is 34.6. The van der Waals surface area contributed by atoms with Crippen LogP contribution in [-0.2, 0) is 0 Å². The summed E-state index contributed by atoms with van der Waals surface area (Å²) in [4.78, 5) is 28.9. The van der Waals surface area contributed by atoms with E-state index in [1.165, 1.54) is 4.90 Å². The summed E-state index contributed by atoms with van der Waals surface area (Å²) < 4.78 is 0. The van der Waals surface area contributed by atoms with Crippen molar-refractivity contribution in [3.05, 3.63) is 120 Å². The van der Waals surface area contributed by atoms with Crippen LogP contribution in [0.5, 0.6) is 0 Å². The predicted octanol–water partition coefficient (Wildman–Crippen LogP) is 5.96. The normalized spacial score (nSPS) is 12.7. The lowest BCUT2D eigenvalue weighted by molar-refractivity contribution is 0.0926. The largest absolute Gasteiger partial charge is 0.311 e. The lowest BCUT2D eigenvalue weighted by atomic mass is 10.1. The molecule has 0 saturated carbocycles. The van der Waals surface area contributed by atoms with Gasteiger partial charge < -0.3 is 4.90 Å². The Balaban J connectivity index is 1.53. The maximum atomic E-state index is 12.8. The lowest BCUT2D eigenvalue weighted by Gasteiger charge is -2.26. The number of carbonyl (C=O) groups excluding carboxylic acids is 2. The summed E-state index contributed by atoms with van der Waals surface area (Å²) >= 11 is 0. The highest BCUT2D eigenvalue weighted by Gasteiger charge is 2.36. The summed E-state index contributed by atoms with van der Waals surface area (Å²) in [5.41, 5.74) is 4.44. The van der Waals surface area contributed by atoms with Crippen molar-refractivity contribution in [2.45, 2.75) is 0 Å². The van der Waals surface area contributed by atoms with Gasteiger partial charge in [-0.2, -0.15) is 0 Å². The van der Waals surface area contributed by atoms with Crippen LogP contribution in [-0.4, -0.2) is 11.8 Å². The van der Waals surface area contributed by atoms with Crippen molar-refractivity contribution in [1.82, 2.24) is 0 Å². The fourth-order valence-electron chi connectivity index (χ4n) is 3.78. The predicted molar refractivity (Wildman–Crippen MR) is 119 cm³/mol. The van der Waals surface area contributed by atoms with Crippen LogP contribution in [0.15, 0.2) is 109 Å². The van der Waals surface area contributed by atoms with E-state index in [1.807, 2.05) is 84.9 Å². The van der Waals surface area contributed by atoms with Crippen LogP contribution in [0.4, 0.5) is 22.7 Å². The average molecular weight is 390 g/mol. The van der Waals surface area contributed by atoms with Crippen molar-refractivity contribution in [3.8, 4) is 0 Å². The fraction of sp³-hybridized carbons (Fsp3) is 0. The second kappa shape index (κ2) is 7.33. The standard InChI is InChI=1S/C26H18N2O2/c29-25-23-13-7-8-14-24(23)26(30)28(25)22-17-15-21(16-18-22)27(19-9-3-1-4-10-19)20-11-5-2-6-12-20/h1-18H. The highest BCUT2D eigenvalue weighted by Crippen LogP contribution is 2.36. The molecule has 5 rings (SSSR count). The third-order valence-electron chi connectivity index (χ3n) is 5.19. The zero-order chi connectivity index (χ0) is 20.5. The van der Waals surface area contributed by atoms with Gasteiger partial charge in [-0.1, -0.05) is 48.5 Å². The molecule has 30 heavy (non-hydrogen) atoms. The number of anilines is 4. The molecular formula is C26H18N2O2. The molecule has 0 aromatic heterocycles. The molecule has 0 spiro atoms. The first-order valence-electron chi connectivity index (χ1n) is 9.72. The van der Waals surface area contributed by atoms with Crippen LogP contribution in [0.2, 0.25) is 0 Å². The van der Waals surface area contributed by atoms with Crippen LogP contribution >= 0.6 is 0 Å². The molecule has 4 heteroatoms. The van der Waals surface area contributed by atoms with E-state index >= 15 is 0 Å². The van der Waals surface area contributed by atoms with Crippen molar-refractivity contribution >= 4 is 34.6 Å². The Hall–Kier alpha value is -4.18. The average Bonchev–Trinajstić information content (AvgIpc) is 3.06. The molecule has 1 aliphatic heterocycles. The van der Waals surface area contributed by atoms with Crippen molar-refractivity contribution in [2.24, 2.45) is 0 Å². The maximum Gasteiger partial charge on any atom is 0.266 e. The first-order chi connectivity index (χ1) is 14.7. The summed E-state index contributed by atoms with van der Waals surface area (Å²) in [6.07, 6.45) is 0. The van der Waals surface area contributed by atoms with Crippen LogP contribution in [0.3, 0.4) is 0 Å². The van der Waals surface area contributed by atoms with Crippen LogP contribution < -0.4 is 9.80 Å². The Morgan fingerprint density at radius 1 is 0.467 bits per heavy atom. The fourth-order valence-corrected chi connectivity index (χ4v) is 3.78. The number of amides is 2. The first-order valence-corrected chi connectivity index (χ1v) is 9.72. The molecule has 0 aliphatic carbocycles. The Bertz CT molecular complexity index is 1140. The molecule has 0 saturated heterocycles. The van der Waals surface area contributed by atoms with Crippen LogP contribution in [0.25, 0.3) is 0 Å². The maximum absolute atomic E-state index is 12.8. The number of rotatable bonds is 4. The second-order valence-corrected chi connectivity index (χ2v) is 7.01. The summed E-state index contributed by atoms with van der Waals surface area (Å²) in [6.45, 7) is 0. The monoisotopic (exact) mass is 390 g/mol. The minimum Gasteiger partial charge on any atom is -0.311 e. The number of carbonyl (C=O) groups is 2. The van der Waals surface area contributed by atoms with Gasteiger partial charge in [0.2, 0.25) is 0 Å². The minimum absolute atomic E-state index is 0.286. The molecule has 2 amide bonds. The second-order valence-electron chi connectivity index (χ2n) is 7.01. The van der Waals surface area contributed by atoms with Gasteiger partial charge in [0.1, 0.15) is 0 Å². The van der Waals surface area contributed by atoms with Gasteiger partial charge in [0, 0.05) is 17.1 Å². The smallest absolute Gasteiger partial charge is 0.266 e. The summed E-state index contributed by atoms with van der Waals surface area (Å²) in [7, 11) is 0. The van der Waals surface area contributed by atoms with Gasteiger partial charge in [0.15, 0.2) is 0 Å². The van der Waals surface area contributed by atoms with Gasteiger partial charge in [-0.3, -0.25) is 9.59 Å². The number of fused-ring (bicyclic) bond motifs is 1. The molecule has 0 fully saturated rings. The van der Waals surface area contributed by atoms with Gasteiger partial charge in [0.25, 0.3) is 11.8 Å². The zero-order valence-corrected chi connectivity index (χ0v) is 16.1. The van der Waals surface area contributed by atoms with Gasteiger partial charge in [0.05, 0.1) is 16.8 Å². The number of nitrogens with zero attached hydrogens (tertiary/aromatic N) is 2. The Morgan fingerprint density at radius 3 is 1.33 bits per heavy atom. The van der Waals surface area contributed by atoms with Gasteiger partial charge >= 0.3 is 0 Å². The van der Waals surface area contributed by atoms with Gasteiger partial charge in [-0.15, -0.1) is 0 Å². The number of imide groups is 1. The molecule has 0 atom stereocenters. The number of benzene rings is 4. The van der Waals surface area contributed by atoms with Crippen molar-refractivity contribution in [1.29, 1.82) is 0 Å². The van der Waals surface area contributed by atoms with Crippen molar-refractivity contribution < 1.29 is 9.59 Å². The van der Waals surface area contributed by atoms with E-state index in [4.69, 9.17) is 0 Å². The first kappa shape index (κ1) is 17.9. The molecular weight excluding hydrogens is 372 g/mol. The zero-order valence-electron chi connectivity index (χ0n) is 16.1. The molecule has 144 valence electrons. The molecule has 4 aromatic rings. The number of hydrogen-bond donors (Lipinski definition) is 0. The van der Waals surface area contributed by atoms with E-state index in [2.05, 4.69) is 4.90 Å². The Labute approximate surface area is 174 Å². The minimum atomic E-state index is -0.286. The molecule has 0 N–H and O–H groups in total. The van der Waals surface area contributed by atoms with Crippen LogP contribution in [0, 0.1) is 0 Å². The summed E-state index contributed by atoms with van der Waals surface area (Å²) in [5.74, 6) is -0.572. The highest BCUT2D eigenvalue weighted by atomic mass is 16.2. The topological polar surface area (TPSA) is 40.6 Å². The van der Waals surface area contributed by atoms with Gasteiger partial charge in [-0.05, 0) is 60.7 Å². The molecule has 0 unspecified atom stereocenters. The van der Waals surface area contributed by atoms with E-state index in [0.717, 1.165) is 17.1 Å². The van der Waals surface area contributed by atoms with Crippen LogP contribution in [0.1, 0.15) is 20.7 Å². The van der Waals surface area contributed by atoms with E-state index in [-0.39, 0.29) is 11.8 Å². The van der Waals surface area contributed by atoms with Crippen molar-refractivity contribution in [3.63, 3.8) is 0 Å². The van der Waals surface area contributed by atoms with E-state index in [9.17, 15) is 9.59 Å². The lowest BCUT2D eigenvalue weighted by Crippen LogP contribution is -2.29. The third-order valence-corrected chi connectivity index (χ3v) is 5.19. The van der Waals surface area contributed by atoms with E-state index in [1.54, 1.807) is 24.3 Å². The van der Waals surface area contributed by atoms with Crippen molar-refractivity contribution in [2.75, 3.05) is 9.80 Å². The van der Waals surface area contributed by atoms with E-state index < -0.39 is 0 Å². The van der Waals surface area contributed by atoms with Gasteiger partial charge in [-0.25, -0.2) is 4.90 Å². The summed E-state index contributed by atoms with van der Waals surface area (Å²) in [5, 5.41) is 0. The Morgan fingerprint density at radius 2 is 0.867 bits per heavy atom. The molecule has 1 heterocycles. The SMILES string of the molecule is O=C1c2ccccc2C(=O)N1c1ccc(N(c2ccccc2)c2ccccc2)cc1. The molecule has 0 radical (unpaired) electrons.